The lowest BCUT2D eigenvalue weighted by atomic mass is 10.1. The first kappa shape index (κ1) is 12.4. The van der Waals surface area contributed by atoms with Crippen LogP contribution in [0.1, 0.15) is 44.3 Å². The van der Waals surface area contributed by atoms with Gasteiger partial charge >= 0.3 is 0 Å². The third-order valence-electron chi connectivity index (χ3n) is 2.59. The topological polar surface area (TPSA) is 28.7 Å². The largest absolute Gasteiger partial charge is 0.347 e. The van der Waals surface area contributed by atoms with E-state index in [0.29, 0.717) is 5.92 Å². The molecule has 0 atom stereocenters. The molecule has 0 aliphatic carbocycles. The van der Waals surface area contributed by atoms with E-state index in [9.17, 15) is 0 Å². The van der Waals surface area contributed by atoms with Gasteiger partial charge in [0.1, 0.15) is 10.5 Å². The van der Waals surface area contributed by atoms with Gasteiger partial charge in [0.25, 0.3) is 0 Å². The lowest BCUT2D eigenvalue weighted by Crippen LogP contribution is -2.03. The Hall–Kier alpha value is -0.700. The second-order valence-corrected chi connectivity index (χ2v) is 4.76. The fourth-order valence-electron chi connectivity index (χ4n) is 1.63. The van der Waals surface area contributed by atoms with Crippen LogP contribution in [0.3, 0.4) is 0 Å². The first-order valence-corrected chi connectivity index (χ1v) is 6.04. The van der Waals surface area contributed by atoms with E-state index >= 15 is 0 Å². The summed E-state index contributed by atoms with van der Waals surface area (Å²) in [6, 6.07) is 0. The molecule has 0 radical (unpaired) electrons. The van der Waals surface area contributed by atoms with Gasteiger partial charge in [0.2, 0.25) is 0 Å². The summed E-state index contributed by atoms with van der Waals surface area (Å²) in [5, 5.41) is 0. The minimum absolute atomic E-state index is 0.708. The van der Waals surface area contributed by atoms with Crippen LogP contribution in [0.15, 0.2) is 0 Å². The predicted molar refractivity (Wildman–Crippen MR) is 66.7 cm³/mol. The Kier molecular flexibility index (Phi) is 4.45. The molecule has 0 saturated heterocycles. The molecule has 0 aromatic carbocycles. The summed E-state index contributed by atoms with van der Waals surface area (Å²) in [7, 11) is 0. The SMILES string of the molecule is CCc1c(C)[nH]c(CCC(C)C)nc1=S. The van der Waals surface area contributed by atoms with Crippen LogP contribution in [0.5, 0.6) is 0 Å². The monoisotopic (exact) mass is 224 g/mol. The zero-order valence-electron chi connectivity index (χ0n) is 10.1. The number of nitrogens with zero attached hydrogens (tertiary/aromatic N) is 1. The van der Waals surface area contributed by atoms with Gasteiger partial charge in [-0.3, -0.25) is 0 Å². The van der Waals surface area contributed by atoms with Crippen LogP contribution in [-0.4, -0.2) is 9.97 Å². The fraction of sp³-hybridized carbons (Fsp3) is 0.667. The Morgan fingerprint density at radius 3 is 2.53 bits per heavy atom. The van der Waals surface area contributed by atoms with Crippen LogP contribution in [0.4, 0.5) is 0 Å². The van der Waals surface area contributed by atoms with E-state index in [-0.39, 0.29) is 0 Å². The van der Waals surface area contributed by atoms with E-state index in [4.69, 9.17) is 12.2 Å². The number of hydrogen-bond donors (Lipinski definition) is 1. The Balaban J connectivity index is 2.89. The van der Waals surface area contributed by atoms with Crippen molar-refractivity contribution in [3.8, 4) is 0 Å². The summed E-state index contributed by atoms with van der Waals surface area (Å²) < 4.78 is 0.771. The molecule has 0 bridgehead atoms. The van der Waals surface area contributed by atoms with Gasteiger partial charge in [0, 0.05) is 17.7 Å². The van der Waals surface area contributed by atoms with Crippen molar-refractivity contribution in [3.05, 3.63) is 21.7 Å². The standard InChI is InChI=1S/C12H20N2S/c1-5-10-9(4)13-11(14-12(10)15)7-6-8(2)3/h8H,5-7H2,1-4H3,(H,13,14,15). The molecule has 0 aliphatic heterocycles. The van der Waals surface area contributed by atoms with Crippen molar-refractivity contribution in [1.82, 2.24) is 9.97 Å². The maximum atomic E-state index is 5.27. The normalized spacial score (nSPS) is 11.0. The van der Waals surface area contributed by atoms with Gasteiger partial charge in [-0.1, -0.05) is 33.0 Å². The van der Waals surface area contributed by atoms with E-state index in [2.05, 4.69) is 37.7 Å². The van der Waals surface area contributed by atoms with E-state index in [1.54, 1.807) is 0 Å². The number of hydrogen-bond acceptors (Lipinski definition) is 2. The van der Waals surface area contributed by atoms with E-state index in [1.807, 2.05) is 0 Å². The van der Waals surface area contributed by atoms with E-state index in [1.165, 1.54) is 11.3 Å². The van der Waals surface area contributed by atoms with Crippen LogP contribution in [0, 0.1) is 17.5 Å². The molecule has 1 rings (SSSR count). The zero-order chi connectivity index (χ0) is 11.4. The van der Waals surface area contributed by atoms with Gasteiger partial charge in [-0.05, 0) is 25.7 Å². The summed E-state index contributed by atoms with van der Waals surface area (Å²) >= 11 is 5.27. The number of aryl methyl sites for hydroxylation is 2. The molecule has 0 aliphatic rings. The van der Waals surface area contributed by atoms with Gasteiger partial charge in [0.15, 0.2) is 0 Å². The van der Waals surface area contributed by atoms with Crippen LogP contribution < -0.4 is 0 Å². The van der Waals surface area contributed by atoms with Gasteiger partial charge < -0.3 is 4.98 Å². The van der Waals surface area contributed by atoms with Gasteiger partial charge in [-0.25, -0.2) is 4.98 Å². The molecule has 84 valence electrons. The number of H-pyrrole nitrogens is 1. The summed E-state index contributed by atoms with van der Waals surface area (Å²) in [5.41, 5.74) is 2.36. The van der Waals surface area contributed by atoms with Crippen molar-refractivity contribution in [1.29, 1.82) is 0 Å². The summed E-state index contributed by atoms with van der Waals surface area (Å²) in [6.45, 7) is 8.64. The summed E-state index contributed by atoms with van der Waals surface area (Å²) in [4.78, 5) is 7.78. The predicted octanol–water partition coefficient (Wildman–Crippen LogP) is 3.60. The maximum Gasteiger partial charge on any atom is 0.133 e. The average Bonchev–Trinajstić information content (AvgIpc) is 2.14. The van der Waals surface area contributed by atoms with E-state index < -0.39 is 0 Å². The lowest BCUT2D eigenvalue weighted by Gasteiger charge is -2.08. The lowest BCUT2D eigenvalue weighted by molar-refractivity contribution is 0.573. The Morgan fingerprint density at radius 2 is 2.07 bits per heavy atom. The fourth-order valence-corrected chi connectivity index (χ4v) is 2.04. The Labute approximate surface area is 97.1 Å². The second kappa shape index (κ2) is 5.40. The molecule has 1 heterocycles. The molecule has 3 heteroatoms. The summed E-state index contributed by atoms with van der Waals surface area (Å²) in [5.74, 6) is 1.74. The molecular formula is C12H20N2S. The minimum atomic E-state index is 0.708. The maximum absolute atomic E-state index is 5.27. The third kappa shape index (κ3) is 3.42. The molecule has 0 saturated carbocycles. The van der Waals surface area contributed by atoms with Crippen LogP contribution in [0.25, 0.3) is 0 Å². The molecule has 1 N–H and O–H groups in total. The van der Waals surface area contributed by atoms with Gasteiger partial charge in [-0.2, -0.15) is 0 Å². The highest BCUT2D eigenvalue weighted by molar-refractivity contribution is 7.71. The number of aromatic amines is 1. The van der Waals surface area contributed by atoms with Crippen molar-refractivity contribution < 1.29 is 0 Å². The second-order valence-electron chi connectivity index (χ2n) is 4.38. The van der Waals surface area contributed by atoms with Crippen LogP contribution in [-0.2, 0) is 12.8 Å². The average molecular weight is 224 g/mol. The molecule has 1 aromatic heterocycles. The van der Waals surface area contributed by atoms with Gasteiger partial charge in [-0.15, -0.1) is 0 Å². The molecule has 15 heavy (non-hydrogen) atoms. The highest BCUT2D eigenvalue weighted by atomic mass is 32.1. The first-order valence-electron chi connectivity index (χ1n) is 5.63. The minimum Gasteiger partial charge on any atom is -0.347 e. The zero-order valence-corrected chi connectivity index (χ0v) is 10.9. The molecule has 0 fully saturated rings. The van der Waals surface area contributed by atoms with Crippen molar-refractivity contribution in [2.75, 3.05) is 0 Å². The van der Waals surface area contributed by atoms with Crippen molar-refractivity contribution >= 4 is 12.2 Å². The Bertz CT molecular complexity index is 380. The highest BCUT2D eigenvalue weighted by Gasteiger charge is 2.04. The van der Waals surface area contributed by atoms with Crippen LogP contribution in [0.2, 0.25) is 0 Å². The van der Waals surface area contributed by atoms with E-state index in [0.717, 1.165) is 29.7 Å². The molecule has 2 nitrogen and oxygen atoms in total. The molecule has 0 unspecified atom stereocenters. The van der Waals surface area contributed by atoms with Crippen molar-refractivity contribution in [2.24, 2.45) is 5.92 Å². The quantitative estimate of drug-likeness (QED) is 0.792. The third-order valence-corrected chi connectivity index (χ3v) is 2.93. The van der Waals surface area contributed by atoms with Crippen molar-refractivity contribution in [2.45, 2.75) is 47.0 Å². The molecule has 0 spiro atoms. The smallest absolute Gasteiger partial charge is 0.133 e. The number of aromatic nitrogens is 2. The number of nitrogens with one attached hydrogen (secondary N) is 1. The summed E-state index contributed by atoms with van der Waals surface area (Å²) in [6.07, 6.45) is 3.11. The molecular weight excluding hydrogens is 204 g/mol. The number of rotatable bonds is 4. The molecule has 0 amide bonds. The molecule has 1 aromatic rings. The highest BCUT2D eigenvalue weighted by Crippen LogP contribution is 2.10. The van der Waals surface area contributed by atoms with Crippen molar-refractivity contribution in [3.63, 3.8) is 0 Å². The van der Waals surface area contributed by atoms with Gasteiger partial charge in [0.05, 0.1) is 0 Å². The van der Waals surface area contributed by atoms with Crippen LogP contribution >= 0.6 is 12.2 Å². The first-order chi connectivity index (χ1) is 7.04. The Morgan fingerprint density at radius 1 is 1.40 bits per heavy atom.